The maximum atomic E-state index is 13.8. The fourth-order valence-corrected chi connectivity index (χ4v) is 1.58. The lowest BCUT2D eigenvalue weighted by Gasteiger charge is -2.02. The molecule has 0 aliphatic heterocycles. The predicted molar refractivity (Wildman–Crippen MR) is 69.4 cm³/mol. The average Bonchev–Trinajstić information content (AvgIpc) is 2.72. The second-order valence-electron chi connectivity index (χ2n) is 3.80. The van der Waals surface area contributed by atoms with Crippen molar-refractivity contribution >= 4 is 28.1 Å². The lowest BCUT2D eigenvalue weighted by molar-refractivity contribution is 0.639. The summed E-state index contributed by atoms with van der Waals surface area (Å²) in [5.74, 6) is -0.921. The maximum absolute atomic E-state index is 13.8. The highest BCUT2D eigenvalue weighted by Crippen LogP contribution is 2.23. The summed E-state index contributed by atoms with van der Waals surface area (Å²) in [7, 11) is 0. The molecule has 5 N–H and O–H groups in total. The van der Waals surface area contributed by atoms with E-state index in [0.717, 1.165) is 0 Å². The van der Waals surface area contributed by atoms with E-state index in [1.807, 2.05) is 0 Å². The molecule has 0 saturated heterocycles. The number of benzene rings is 1. The minimum absolute atomic E-state index is 0.279. The van der Waals surface area contributed by atoms with Crippen LogP contribution in [0.25, 0.3) is 10.9 Å². The van der Waals surface area contributed by atoms with E-state index >= 15 is 0 Å². The molecule has 1 aromatic heterocycles. The lowest BCUT2D eigenvalue weighted by Crippen LogP contribution is -2.21. The first-order chi connectivity index (χ1) is 9.02. The molecule has 1 heterocycles. The van der Waals surface area contributed by atoms with E-state index in [1.54, 1.807) is 19.1 Å². The van der Waals surface area contributed by atoms with Gasteiger partial charge in [-0.3, -0.25) is 15.9 Å². The summed E-state index contributed by atoms with van der Waals surface area (Å²) < 4.78 is 13.8. The highest BCUT2D eigenvalue weighted by atomic mass is 19.1. The standard InChI is InChI=1S/C11H10FN7/c1-5-10-7(12)2-6(3-8(10)18-16-5)17-19-9(4-13)11(14)15/h2-3,17H,1H3,(H3,14,15)(H,16,18)/b19-9+. The molecular weight excluding hydrogens is 249 g/mol. The molecule has 19 heavy (non-hydrogen) atoms. The van der Waals surface area contributed by atoms with Crippen molar-refractivity contribution in [1.29, 1.82) is 10.7 Å². The van der Waals surface area contributed by atoms with Crippen molar-refractivity contribution < 1.29 is 4.39 Å². The Morgan fingerprint density at radius 3 is 3.00 bits per heavy atom. The number of nitrogens with two attached hydrogens (primary N) is 1. The van der Waals surface area contributed by atoms with Gasteiger partial charge in [-0.15, -0.1) is 0 Å². The molecule has 0 spiro atoms. The first-order valence-corrected chi connectivity index (χ1v) is 5.25. The number of rotatable bonds is 3. The largest absolute Gasteiger partial charge is 0.382 e. The molecule has 8 heteroatoms. The SMILES string of the molecule is Cc1[nH]nc2cc(N/N=C(\C#N)C(=N)N)cc(F)c12. The van der Waals surface area contributed by atoms with Gasteiger partial charge in [0.1, 0.15) is 11.9 Å². The minimum atomic E-state index is -0.466. The van der Waals surface area contributed by atoms with Crippen LogP contribution in [-0.4, -0.2) is 21.7 Å². The van der Waals surface area contributed by atoms with Crippen LogP contribution in [0.2, 0.25) is 0 Å². The summed E-state index contributed by atoms with van der Waals surface area (Å²) in [5.41, 5.74) is 8.71. The van der Waals surface area contributed by atoms with Gasteiger partial charge in [0.25, 0.3) is 0 Å². The van der Waals surface area contributed by atoms with Gasteiger partial charge in [0.2, 0.25) is 5.71 Å². The summed E-state index contributed by atoms with van der Waals surface area (Å²) in [6, 6.07) is 4.45. The van der Waals surface area contributed by atoms with Crippen molar-refractivity contribution in [2.24, 2.45) is 10.8 Å². The Morgan fingerprint density at radius 2 is 2.37 bits per heavy atom. The number of aryl methyl sites for hydroxylation is 1. The number of hydrogen-bond donors (Lipinski definition) is 4. The number of hydrogen-bond acceptors (Lipinski definition) is 5. The first kappa shape index (κ1) is 12.5. The second kappa shape index (κ2) is 4.73. The van der Waals surface area contributed by atoms with Crippen LogP contribution in [-0.2, 0) is 0 Å². The van der Waals surface area contributed by atoms with Gasteiger partial charge in [-0.05, 0) is 19.1 Å². The van der Waals surface area contributed by atoms with Crippen LogP contribution in [0.3, 0.4) is 0 Å². The monoisotopic (exact) mass is 259 g/mol. The molecule has 0 aliphatic rings. The van der Waals surface area contributed by atoms with Crippen molar-refractivity contribution in [1.82, 2.24) is 10.2 Å². The van der Waals surface area contributed by atoms with Crippen molar-refractivity contribution in [2.75, 3.05) is 5.43 Å². The Balaban J connectivity index is 2.38. The van der Waals surface area contributed by atoms with E-state index in [9.17, 15) is 4.39 Å². The molecule has 0 aliphatic carbocycles. The highest BCUT2D eigenvalue weighted by molar-refractivity contribution is 6.45. The first-order valence-electron chi connectivity index (χ1n) is 5.25. The summed E-state index contributed by atoms with van der Waals surface area (Å²) in [5, 5.41) is 26.4. The fourth-order valence-electron chi connectivity index (χ4n) is 1.58. The van der Waals surface area contributed by atoms with E-state index in [-0.39, 0.29) is 5.71 Å². The van der Waals surface area contributed by atoms with Gasteiger partial charge in [0.05, 0.1) is 16.6 Å². The molecule has 0 unspecified atom stereocenters. The summed E-state index contributed by atoms with van der Waals surface area (Å²) >= 11 is 0. The zero-order valence-electron chi connectivity index (χ0n) is 9.95. The molecule has 0 atom stereocenters. The molecule has 1 aromatic carbocycles. The molecule has 2 rings (SSSR count). The number of nitriles is 1. The van der Waals surface area contributed by atoms with Crippen LogP contribution in [0, 0.1) is 29.5 Å². The molecule has 2 aromatic rings. The van der Waals surface area contributed by atoms with Gasteiger partial charge in [-0.1, -0.05) is 0 Å². The summed E-state index contributed by atoms with van der Waals surface area (Å²) in [6.07, 6.45) is 0. The number of aromatic amines is 1. The Morgan fingerprint density at radius 1 is 1.63 bits per heavy atom. The van der Waals surface area contributed by atoms with E-state index in [1.165, 1.54) is 6.07 Å². The van der Waals surface area contributed by atoms with Crippen molar-refractivity contribution in [2.45, 2.75) is 6.92 Å². The van der Waals surface area contributed by atoms with Gasteiger partial charge in [-0.25, -0.2) is 4.39 Å². The van der Waals surface area contributed by atoms with E-state index in [4.69, 9.17) is 16.4 Å². The summed E-state index contributed by atoms with van der Waals surface area (Å²) in [4.78, 5) is 0. The number of anilines is 1. The Labute approximate surface area is 107 Å². The predicted octanol–water partition coefficient (Wildman–Crippen LogP) is 1.24. The number of fused-ring (bicyclic) bond motifs is 1. The molecule has 0 amide bonds. The number of aromatic nitrogens is 2. The van der Waals surface area contributed by atoms with Crippen molar-refractivity contribution in [3.63, 3.8) is 0 Å². The van der Waals surface area contributed by atoms with E-state index < -0.39 is 11.7 Å². The zero-order valence-corrected chi connectivity index (χ0v) is 9.95. The lowest BCUT2D eigenvalue weighted by atomic mass is 10.2. The van der Waals surface area contributed by atoms with Crippen LogP contribution in [0.4, 0.5) is 10.1 Å². The molecule has 0 radical (unpaired) electrons. The van der Waals surface area contributed by atoms with Crippen LogP contribution >= 0.6 is 0 Å². The zero-order chi connectivity index (χ0) is 14.0. The number of halogens is 1. The molecule has 0 fully saturated rings. The number of amidine groups is 1. The molecule has 96 valence electrons. The highest BCUT2D eigenvalue weighted by Gasteiger charge is 2.09. The average molecular weight is 259 g/mol. The number of nitrogens with zero attached hydrogens (tertiary/aromatic N) is 3. The maximum Gasteiger partial charge on any atom is 0.201 e. The second-order valence-corrected chi connectivity index (χ2v) is 3.80. The normalized spacial score (nSPS) is 11.3. The van der Waals surface area contributed by atoms with Crippen LogP contribution in [0.5, 0.6) is 0 Å². The van der Waals surface area contributed by atoms with Gasteiger partial charge in [0, 0.05) is 5.69 Å². The van der Waals surface area contributed by atoms with Crippen LogP contribution < -0.4 is 11.2 Å². The van der Waals surface area contributed by atoms with Gasteiger partial charge in [0.15, 0.2) is 5.84 Å². The Bertz CT molecular complexity index is 722. The van der Waals surface area contributed by atoms with Crippen LogP contribution in [0.1, 0.15) is 5.69 Å². The smallest absolute Gasteiger partial charge is 0.201 e. The molecular formula is C11H10FN7. The fraction of sp³-hybridized carbons (Fsp3) is 0.0909. The van der Waals surface area contributed by atoms with Gasteiger partial charge >= 0.3 is 0 Å². The number of nitrogens with one attached hydrogen (secondary N) is 3. The van der Waals surface area contributed by atoms with E-state index in [2.05, 4.69) is 20.7 Å². The van der Waals surface area contributed by atoms with Crippen molar-refractivity contribution in [3.8, 4) is 6.07 Å². The third-order valence-corrected chi connectivity index (χ3v) is 2.45. The van der Waals surface area contributed by atoms with E-state index in [0.29, 0.717) is 22.3 Å². The topological polar surface area (TPSA) is 127 Å². The third kappa shape index (κ3) is 2.35. The quantitative estimate of drug-likeness (QED) is 0.375. The summed E-state index contributed by atoms with van der Waals surface area (Å²) in [6.45, 7) is 1.72. The Hall–Kier alpha value is -2.95. The van der Waals surface area contributed by atoms with Gasteiger partial charge < -0.3 is 5.73 Å². The number of H-pyrrole nitrogens is 1. The molecule has 0 saturated carbocycles. The Kier molecular flexibility index (Phi) is 3.12. The molecule has 7 nitrogen and oxygen atoms in total. The van der Waals surface area contributed by atoms with Crippen LogP contribution in [0.15, 0.2) is 17.2 Å². The van der Waals surface area contributed by atoms with Gasteiger partial charge in [-0.2, -0.15) is 15.5 Å². The molecule has 0 bridgehead atoms. The minimum Gasteiger partial charge on any atom is -0.382 e. The third-order valence-electron chi connectivity index (χ3n) is 2.45. The number of hydrazone groups is 1. The van der Waals surface area contributed by atoms with Crippen molar-refractivity contribution in [3.05, 3.63) is 23.6 Å².